The van der Waals surface area contributed by atoms with Gasteiger partial charge in [-0.25, -0.2) is 0 Å². The Bertz CT molecular complexity index is 801. The molecular formula is C21H25N3O3S. The van der Waals surface area contributed by atoms with Crippen LogP contribution in [-0.2, 0) is 9.53 Å². The van der Waals surface area contributed by atoms with Crippen molar-refractivity contribution >= 4 is 34.5 Å². The van der Waals surface area contributed by atoms with Crippen LogP contribution in [-0.4, -0.2) is 56.1 Å². The second-order valence-electron chi connectivity index (χ2n) is 7.20. The maximum Gasteiger partial charge on any atom is 0.263 e. The van der Waals surface area contributed by atoms with Crippen LogP contribution >= 0.6 is 11.3 Å². The Morgan fingerprint density at radius 1 is 1.07 bits per heavy atom. The first kappa shape index (κ1) is 19.0. The van der Waals surface area contributed by atoms with Gasteiger partial charge in [-0.1, -0.05) is 6.07 Å². The number of morpholine rings is 1. The van der Waals surface area contributed by atoms with Crippen molar-refractivity contribution in [3.63, 3.8) is 0 Å². The standard InChI is InChI=1S/C21H25N3O3S/c25-20(16-3-1-9-24(15-16)21(26)19-4-2-14-28-19)22-17-5-7-18(8-6-17)23-10-12-27-13-11-23/h2,4-8,14,16H,1,3,9-13,15H2,(H,22,25). The SMILES string of the molecule is O=C(Nc1ccc(N2CCOCC2)cc1)C1CCCN(C(=O)c2cccs2)C1. The molecule has 1 unspecified atom stereocenters. The fourth-order valence-corrected chi connectivity index (χ4v) is 4.44. The molecule has 1 aromatic heterocycles. The van der Waals surface area contributed by atoms with E-state index in [2.05, 4.69) is 10.2 Å². The molecule has 0 radical (unpaired) electrons. The Morgan fingerprint density at radius 3 is 2.57 bits per heavy atom. The molecule has 0 spiro atoms. The molecule has 2 saturated heterocycles. The van der Waals surface area contributed by atoms with Crippen LogP contribution in [0.5, 0.6) is 0 Å². The zero-order valence-electron chi connectivity index (χ0n) is 15.8. The van der Waals surface area contributed by atoms with E-state index < -0.39 is 0 Å². The Hall–Kier alpha value is -2.38. The summed E-state index contributed by atoms with van der Waals surface area (Å²) in [5.74, 6) is -0.151. The van der Waals surface area contributed by atoms with Crippen LogP contribution in [0.15, 0.2) is 41.8 Å². The predicted octanol–water partition coefficient (Wildman–Crippen LogP) is 3.08. The lowest BCUT2D eigenvalue weighted by atomic mass is 9.97. The summed E-state index contributed by atoms with van der Waals surface area (Å²) in [5.41, 5.74) is 1.94. The molecule has 2 aliphatic heterocycles. The molecule has 4 rings (SSSR count). The fraction of sp³-hybridized carbons (Fsp3) is 0.429. The number of thiophene rings is 1. The van der Waals surface area contributed by atoms with Gasteiger partial charge in [0.25, 0.3) is 5.91 Å². The van der Waals surface area contributed by atoms with E-state index in [1.807, 2.05) is 41.8 Å². The maximum atomic E-state index is 12.7. The predicted molar refractivity (Wildman–Crippen MR) is 111 cm³/mol. The third-order valence-electron chi connectivity index (χ3n) is 5.32. The van der Waals surface area contributed by atoms with Crippen LogP contribution in [0, 0.1) is 5.92 Å². The Labute approximate surface area is 169 Å². The van der Waals surface area contributed by atoms with E-state index in [0.29, 0.717) is 6.54 Å². The van der Waals surface area contributed by atoms with E-state index in [-0.39, 0.29) is 17.7 Å². The van der Waals surface area contributed by atoms with Crippen LogP contribution in [0.25, 0.3) is 0 Å². The van der Waals surface area contributed by atoms with E-state index in [4.69, 9.17) is 4.74 Å². The van der Waals surface area contributed by atoms with E-state index in [1.165, 1.54) is 11.3 Å². The number of likely N-dealkylation sites (tertiary alicyclic amines) is 1. The van der Waals surface area contributed by atoms with Gasteiger partial charge in [-0.05, 0) is 48.6 Å². The van der Waals surface area contributed by atoms with Crippen molar-refractivity contribution in [3.8, 4) is 0 Å². The Kier molecular flexibility index (Phi) is 5.92. The number of hydrogen-bond donors (Lipinski definition) is 1. The fourth-order valence-electron chi connectivity index (χ4n) is 3.75. The van der Waals surface area contributed by atoms with Gasteiger partial charge in [0.15, 0.2) is 0 Å². The topological polar surface area (TPSA) is 61.9 Å². The summed E-state index contributed by atoms with van der Waals surface area (Å²) < 4.78 is 5.39. The monoisotopic (exact) mass is 399 g/mol. The molecule has 28 heavy (non-hydrogen) atoms. The van der Waals surface area contributed by atoms with Crippen molar-refractivity contribution in [1.29, 1.82) is 0 Å². The second-order valence-corrected chi connectivity index (χ2v) is 8.15. The average Bonchev–Trinajstić information content (AvgIpc) is 3.29. The number of ether oxygens (including phenoxy) is 1. The molecule has 0 bridgehead atoms. The quantitative estimate of drug-likeness (QED) is 0.858. The maximum absolute atomic E-state index is 12.7. The van der Waals surface area contributed by atoms with Gasteiger partial charge in [-0.3, -0.25) is 9.59 Å². The number of rotatable bonds is 4. The van der Waals surface area contributed by atoms with Gasteiger partial charge in [0.05, 0.1) is 24.0 Å². The summed E-state index contributed by atoms with van der Waals surface area (Å²) in [5, 5.41) is 4.92. The van der Waals surface area contributed by atoms with Crippen LogP contribution in [0.4, 0.5) is 11.4 Å². The molecule has 0 saturated carbocycles. The molecule has 6 nitrogen and oxygen atoms in total. The van der Waals surface area contributed by atoms with Crippen molar-refractivity contribution in [1.82, 2.24) is 4.90 Å². The zero-order chi connectivity index (χ0) is 19.3. The highest BCUT2D eigenvalue weighted by atomic mass is 32.1. The number of carbonyl (C=O) groups excluding carboxylic acids is 2. The molecule has 148 valence electrons. The van der Waals surface area contributed by atoms with Crippen LogP contribution in [0.3, 0.4) is 0 Å². The zero-order valence-corrected chi connectivity index (χ0v) is 16.6. The minimum absolute atomic E-state index is 0.0113. The first-order valence-electron chi connectivity index (χ1n) is 9.77. The van der Waals surface area contributed by atoms with Crippen LogP contribution in [0.1, 0.15) is 22.5 Å². The lowest BCUT2D eigenvalue weighted by Crippen LogP contribution is -2.43. The first-order valence-corrected chi connectivity index (χ1v) is 10.6. The van der Waals surface area contributed by atoms with Gasteiger partial charge < -0.3 is 19.9 Å². The van der Waals surface area contributed by atoms with Gasteiger partial charge in [0.1, 0.15) is 0 Å². The highest BCUT2D eigenvalue weighted by molar-refractivity contribution is 7.12. The minimum Gasteiger partial charge on any atom is -0.378 e. The van der Waals surface area contributed by atoms with Gasteiger partial charge >= 0.3 is 0 Å². The minimum atomic E-state index is -0.170. The first-order chi connectivity index (χ1) is 13.7. The van der Waals surface area contributed by atoms with Crippen molar-refractivity contribution in [2.24, 2.45) is 5.92 Å². The lowest BCUT2D eigenvalue weighted by Gasteiger charge is -2.32. The van der Waals surface area contributed by atoms with Gasteiger partial charge in [0.2, 0.25) is 5.91 Å². The molecule has 2 aliphatic rings. The van der Waals surface area contributed by atoms with E-state index >= 15 is 0 Å². The molecule has 1 N–H and O–H groups in total. The van der Waals surface area contributed by atoms with Crippen LogP contribution in [0.2, 0.25) is 0 Å². The smallest absolute Gasteiger partial charge is 0.263 e. The molecule has 2 amide bonds. The highest BCUT2D eigenvalue weighted by Crippen LogP contribution is 2.23. The summed E-state index contributed by atoms with van der Waals surface area (Å²) >= 11 is 1.45. The summed E-state index contributed by atoms with van der Waals surface area (Å²) in [6.07, 6.45) is 1.66. The summed E-state index contributed by atoms with van der Waals surface area (Å²) in [6, 6.07) is 11.7. The number of carbonyl (C=O) groups is 2. The van der Waals surface area contributed by atoms with Crippen molar-refractivity contribution in [3.05, 3.63) is 46.7 Å². The van der Waals surface area contributed by atoms with Gasteiger partial charge in [0, 0.05) is 37.6 Å². The molecule has 3 heterocycles. The van der Waals surface area contributed by atoms with E-state index in [0.717, 1.165) is 61.9 Å². The largest absolute Gasteiger partial charge is 0.378 e. The van der Waals surface area contributed by atoms with Crippen molar-refractivity contribution < 1.29 is 14.3 Å². The van der Waals surface area contributed by atoms with Gasteiger partial charge in [-0.15, -0.1) is 11.3 Å². The summed E-state index contributed by atoms with van der Waals surface area (Å²) in [6.45, 7) is 4.48. The number of hydrogen-bond acceptors (Lipinski definition) is 5. The van der Waals surface area contributed by atoms with E-state index in [1.54, 1.807) is 4.90 Å². The summed E-state index contributed by atoms with van der Waals surface area (Å²) in [7, 11) is 0. The number of anilines is 2. The lowest BCUT2D eigenvalue weighted by molar-refractivity contribution is -0.121. The Morgan fingerprint density at radius 2 is 1.86 bits per heavy atom. The molecule has 0 aliphatic carbocycles. The third-order valence-corrected chi connectivity index (χ3v) is 6.18. The van der Waals surface area contributed by atoms with E-state index in [9.17, 15) is 9.59 Å². The van der Waals surface area contributed by atoms with Crippen LogP contribution < -0.4 is 10.2 Å². The molecule has 1 atom stereocenters. The highest BCUT2D eigenvalue weighted by Gasteiger charge is 2.29. The summed E-state index contributed by atoms with van der Waals surface area (Å²) in [4.78, 5) is 30.1. The molecule has 1 aromatic carbocycles. The number of amides is 2. The normalized spacial score (nSPS) is 20.1. The van der Waals surface area contributed by atoms with Crippen molar-refractivity contribution in [2.45, 2.75) is 12.8 Å². The second kappa shape index (κ2) is 8.75. The number of piperidine rings is 1. The molecule has 2 aromatic rings. The number of nitrogens with zero attached hydrogens (tertiary/aromatic N) is 2. The van der Waals surface area contributed by atoms with Gasteiger partial charge in [-0.2, -0.15) is 0 Å². The molecule has 2 fully saturated rings. The number of nitrogens with one attached hydrogen (secondary N) is 1. The Balaban J connectivity index is 1.34. The molecular weight excluding hydrogens is 374 g/mol. The average molecular weight is 400 g/mol. The number of benzene rings is 1. The third kappa shape index (κ3) is 4.36. The van der Waals surface area contributed by atoms with Crippen molar-refractivity contribution in [2.75, 3.05) is 49.6 Å². The molecule has 7 heteroatoms.